The molecule has 8 nitrogen and oxygen atoms in total. The van der Waals surface area contributed by atoms with Crippen LogP contribution in [0.15, 0.2) is 51.7 Å². The fourth-order valence-electron chi connectivity index (χ4n) is 2.44. The van der Waals surface area contributed by atoms with Gasteiger partial charge in [-0.2, -0.15) is 0 Å². The van der Waals surface area contributed by atoms with Gasteiger partial charge in [0, 0.05) is 12.2 Å². The third-order valence-electron chi connectivity index (χ3n) is 4.23. The maximum Gasteiger partial charge on any atom is 0.238 e. The number of amides is 1. The number of rotatable bonds is 8. The molecule has 0 radical (unpaired) electrons. The highest BCUT2D eigenvalue weighted by atomic mass is 32.2. The summed E-state index contributed by atoms with van der Waals surface area (Å²) in [4.78, 5) is 12.1. The van der Waals surface area contributed by atoms with Crippen molar-refractivity contribution >= 4 is 49.8 Å². The molecule has 1 heterocycles. The van der Waals surface area contributed by atoms with E-state index in [9.17, 15) is 13.2 Å². The van der Waals surface area contributed by atoms with Crippen molar-refractivity contribution in [2.24, 2.45) is 5.14 Å². The van der Waals surface area contributed by atoms with E-state index in [0.717, 1.165) is 11.3 Å². The third kappa shape index (κ3) is 6.26. The number of nitrogens with zero attached hydrogens (tertiary/aromatic N) is 2. The molecule has 3 rings (SSSR count). The molecule has 2 aromatic carbocycles. The fourth-order valence-corrected chi connectivity index (χ4v) is 4.55. The van der Waals surface area contributed by atoms with Gasteiger partial charge in [-0.1, -0.05) is 41.3 Å². The van der Waals surface area contributed by atoms with Crippen LogP contribution in [0.4, 0.5) is 10.8 Å². The summed E-state index contributed by atoms with van der Waals surface area (Å²) in [5.41, 5.74) is 4.13. The number of aromatic nitrogens is 2. The van der Waals surface area contributed by atoms with Gasteiger partial charge in [0.1, 0.15) is 0 Å². The van der Waals surface area contributed by atoms with Gasteiger partial charge >= 0.3 is 0 Å². The van der Waals surface area contributed by atoms with Gasteiger partial charge in [0.25, 0.3) is 0 Å². The number of thioether (sulfide) groups is 1. The Kier molecular flexibility index (Phi) is 7.08. The molecule has 0 aliphatic heterocycles. The zero-order valence-electron chi connectivity index (χ0n) is 16.4. The number of hydrogen-bond acceptors (Lipinski definition) is 8. The number of anilines is 2. The Hall–Kier alpha value is -2.47. The smallest absolute Gasteiger partial charge is 0.238 e. The second kappa shape index (κ2) is 9.56. The first-order valence-corrected chi connectivity index (χ1v) is 12.2. The Bertz CT molecular complexity index is 1140. The van der Waals surface area contributed by atoms with E-state index >= 15 is 0 Å². The molecule has 3 aromatic rings. The van der Waals surface area contributed by atoms with Gasteiger partial charge in [0.2, 0.25) is 21.1 Å². The molecule has 158 valence electrons. The lowest BCUT2D eigenvalue weighted by atomic mass is 10.1. The van der Waals surface area contributed by atoms with Gasteiger partial charge in [-0.3, -0.25) is 4.79 Å². The topological polar surface area (TPSA) is 127 Å². The molecule has 4 N–H and O–H groups in total. The summed E-state index contributed by atoms with van der Waals surface area (Å²) in [6.45, 7) is 4.40. The van der Waals surface area contributed by atoms with Crippen LogP contribution in [0.25, 0.3) is 0 Å². The van der Waals surface area contributed by atoms with Crippen LogP contribution in [0, 0.1) is 13.8 Å². The van der Waals surface area contributed by atoms with E-state index < -0.39 is 10.0 Å². The van der Waals surface area contributed by atoms with Gasteiger partial charge in [-0.15, -0.1) is 10.2 Å². The summed E-state index contributed by atoms with van der Waals surface area (Å²) < 4.78 is 23.2. The van der Waals surface area contributed by atoms with Crippen molar-refractivity contribution in [3.8, 4) is 0 Å². The minimum Gasteiger partial charge on any atom is -0.351 e. The van der Waals surface area contributed by atoms with Gasteiger partial charge in [0.15, 0.2) is 4.34 Å². The van der Waals surface area contributed by atoms with E-state index in [1.807, 2.05) is 18.2 Å². The van der Waals surface area contributed by atoms with Crippen molar-refractivity contribution in [2.75, 3.05) is 11.1 Å². The molecular formula is C19H21N5O3S3. The number of primary sulfonamides is 1. The number of hydrogen-bond donors (Lipinski definition) is 3. The molecule has 0 fully saturated rings. The van der Waals surface area contributed by atoms with Crippen LogP contribution in [-0.2, 0) is 21.4 Å². The Balaban J connectivity index is 1.46. The van der Waals surface area contributed by atoms with Gasteiger partial charge in [0.05, 0.1) is 10.6 Å². The number of benzene rings is 2. The largest absolute Gasteiger partial charge is 0.351 e. The molecule has 0 saturated heterocycles. The summed E-state index contributed by atoms with van der Waals surface area (Å²) in [6.07, 6.45) is 0. The second-order valence-corrected chi connectivity index (χ2v) is 10.3. The average Bonchev–Trinajstić information content (AvgIpc) is 3.14. The normalized spacial score (nSPS) is 11.3. The zero-order chi connectivity index (χ0) is 21.7. The quantitative estimate of drug-likeness (QED) is 0.438. The van der Waals surface area contributed by atoms with Gasteiger partial charge in [-0.25, -0.2) is 13.6 Å². The number of carbonyl (C=O) groups excluding carboxylic acids is 1. The van der Waals surface area contributed by atoms with E-state index in [-0.39, 0.29) is 16.6 Å². The second-order valence-electron chi connectivity index (χ2n) is 6.55. The minimum absolute atomic E-state index is 0.0367. The van der Waals surface area contributed by atoms with Crippen molar-refractivity contribution in [1.82, 2.24) is 15.5 Å². The highest BCUT2D eigenvalue weighted by molar-refractivity contribution is 8.01. The Morgan fingerprint density at radius 2 is 1.83 bits per heavy atom. The third-order valence-corrected chi connectivity index (χ3v) is 7.13. The van der Waals surface area contributed by atoms with Crippen molar-refractivity contribution in [1.29, 1.82) is 0 Å². The molecule has 0 bridgehead atoms. The maximum atomic E-state index is 12.1. The first-order valence-electron chi connectivity index (χ1n) is 8.90. The lowest BCUT2D eigenvalue weighted by molar-refractivity contribution is -0.118. The van der Waals surface area contributed by atoms with Crippen LogP contribution >= 0.6 is 23.1 Å². The Morgan fingerprint density at radius 1 is 1.10 bits per heavy atom. The lowest BCUT2D eigenvalue weighted by Crippen LogP contribution is -2.24. The molecule has 1 aromatic heterocycles. The lowest BCUT2D eigenvalue weighted by Gasteiger charge is -2.05. The first-order chi connectivity index (χ1) is 14.2. The molecule has 1 amide bonds. The molecule has 0 spiro atoms. The van der Waals surface area contributed by atoms with E-state index in [1.54, 1.807) is 12.1 Å². The highest BCUT2D eigenvalue weighted by Crippen LogP contribution is 2.28. The van der Waals surface area contributed by atoms with Crippen LogP contribution in [0.1, 0.15) is 16.7 Å². The number of carbonyl (C=O) groups is 1. The van der Waals surface area contributed by atoms with Crippen molar-refractivity contribution in [3.05, 3.63) is 59.2 Å². The Labute approximate surface area is 183 Å². The van der Waals surface area contributed by atoms with E-state index in [0.29, 0.717) is 16.0 Å². The molecule has 0 aliphatic rings. The van der Waals surface area contributed by atoms with Gasteiger partial charge in [-0.05, 0) is 54.8 Å². The average molecular weight is 464 g/mol. The van der Waals surface area contributed by atoms with Crippen LogP contribution < -0.4 is 15.8 Å². The predicted octanol–water partition coefficient (Wildman–Crippen LogP) is 2.95. The van der Waals surface area contributed by atoms with E-state index in [2.05, 4.69) is 34.7 Å². The summed E-state index contributed by atoms with van der Waals surface area (Å²) in [5, 5.41) is 19.9. The highest BCUT2D eigenvalue weighted by Gasteiger charge is 2.10. The monoisotopic (exact) mass is 463 g/mol. The predicted molar refractivity (Wildman–Crippen MR) is 119 cm³/mol. The molecule has 0 atom stereocenters. The Morgan fingerprint density at radius 3 is 2.50 bits per heavy atom. The number of aryl methyl sites for hydroxylation is 2. The fraction of sp³-hybridized carbons (Fsp3) is 0.211. The van der Waals surface area contributed by atoms with Crippen LogP contribution in [0.5, 0.6) is 0 Å². The first kappa shape index (κ1) is 22.2. The van der Waals surface area contributed by atoms with Crippen LogP contribution in [-0.4, -0.2) is 30.3 Å². The van der Waals surface area contributed by atoms with Crippen molar-refractivity contribution < 1.29 is 13.2 Å². The molecule has 0 saturated carbocycles. The standard InChI is InChI=1S/C19H21N5O3S3/c1-12-3-6-15(9-13(12)2)22-18-23-24-19(29-18)28-11-17(25)21-10-14-4-7-16(8-5-14)30(20,26)27/h3-9H,10-11H2,1-2H3,(H,21,25)(H,22,23)(H2,20,26,27). The summed E-state index contributed by atoms with van der Waals surface area (Å²) >= 11 is 2.68. The minimum atomic E-state index is -3.72. The molecule has 0 unspecified atom stereocenters. The molecular weight excluding hydrogens is 442 g/mol. The molecule has 11 heteroatoms. The zero-order valence-corrected chi connectivity index (χ0v) is 18.8. The maximum absolute atomic E-state index is 12.1. The van der Waals surface area contributed by atoms with Crippen LogP contribution in [0.2, 0.25) is 0 Å². The number of nitrogens with one attached hydrogen (secondary N) is 2. The SMILES string of the molecule is Cc1ccc(Nc2nnc(SCC(=O)NCc3ccc(S(N)(=O)=O)cc3)s2)cc1C. The molecule has 30 heavy (non-hydrogen) atoms. The van der Waals surface area contributed by atoms with E-state index in [4.69, 9.17) is 5.14 Å². The summed E-state index contributed by atoms with van der Waals surface area (Å²) in [6, 6.07) is 12.1. The van der Waals surface area contributed by atoms with E-state index in [1.165, 1.54) is 46.4 Å². The van der Waals surface area contributed by atoms with Crippen molar-refractivity contribution in [3.63, 3.8) is 0 Å². The van der Waals surface area contributed by atoms with Crippen LogP contribution in [0.3, 0.4) is 0 Å². The van der Waals surface area contributed by atoms with Crippen molar-refractivity contribution in [2.45, 2.75) is 29.6 Å². The van der Waals surface area contributed by atoms with Gasteiger partial charge < -0.3 is 10.6 Å². The molecule has 0 aliphatic carbocycles. The summed E-state index contributed by atoms with van der Waals surface area (Å²) in [5.74, 6) is 0.0439. The number of sulfonamides is 1. The number of nitrogens with two attached hydrogens (primary N) is 1. The summed E-state index contributed by atoms with van der Waals surface area (Å²) in [7, 11) is -3.72.